The number of carbonyl (C=O) groups is 1. The van der Waals surface area contributed by atoms with E-state index in [2.05, 4.69) is 30.8 Å². The van der Waals surface area contributed by atoms with Crippen LogP contribution in [0.5, 0.6) is 11.5 Å². The van der Waals surface area contributed by atoms with Gasteiger partial charge in [0, 0.05) is 22.6 Å². The first-order valence-corrected chi connectivity index (χ1v) is 11.7. The van der Waals surface area contributed by atoms with E-state index in [9.17, 15) is 13.6 Å². The molecule has 0 bridgehead atoms. The van der Waals surface area contributed by atoms with Gasteiger partial charge in [-0.3, -0.25) is 9.89 Å². The smallest absolute Gasteiger partial charge is 0.279 e. The maximum absolute atomic E-state index is 13.0. The largest absolute Gasteiger partial charge is 0.494 e. The van der Waals surface area contributed by atoms with Crippen LogP contribution in [0.3, 0.4) is 0 Å². The summed E-state index contributed by atoms with van der Waals surface area (Å²) in [7, 11) is 0. The molecule has 1 amide bonds. The number of amides is 1. The van der Waals surface area contributed by atoms with Crippen LogP contribution in [0.2, 0.25) is 0 Å². The van der Waals surface area contributed by atoms with Crippen molar-refractivity contribution in [3.63, 3.8) is 0 Å². The van der Waals surface area contributed by atoms with Gasteiger partial charge in [-0.25, -0.2) is 18.7 Å². The van der Waals surface area contributed by atoms with Gasteiger partial charge >= 0.3 is 0 Å². The van der Waals surface area contributed by atoms with E-state index in [1.807, 2.05) is 33.8 Å². The molecule has 9 nitrogen and oxygen atoms in total. The predicted molar refractivity (Wildman–Crippen MR) is 136 cm³/mol. The van der Waals surface area contributed by atoms with Gasteiger partial charge < -0.3 is 20.1 Å². The molecular weight excluding hydrogens is 482 g/mol. The van der Waals surface area contributed by atoms with Gasteiger partial charge in [-0.05, 0) is 58.0 Å². The maximum Gasteiger partial charge on any atom is 0.279 e. The molecule has 0 aliphatic heterocycles. The summed E-state index contributed by atoms with van der Waals surface area (Å²) in [5.74, 6) is 1.77. The average Bonchev–Trinajstić information content (AvgIpc) is 3.31. The first-order valence-electron chi connectivity index (χ1n) is 11.7. The van der Waals surface area contributed by atoms with Gasteiger partial charge in [-0.1, -0.05) is 12.1 Å². The number of fused-ring (bicyclic) bond motifs is 1. The Kier molecular flexibility index (Phi) is 7.51. The number of carbonyl (C=O) groups excluding carboxylic acids is 1. The highest BCUT2D eigenvalue weighted by Crippen LogP contribution is 2.31. The molecule has 194 valence electrons. The second-order valence-electron chi connectivity index (χ2n) is 9.26. The van der Waals surface area contributed by atoms with Crippen LogP contribution in [0.4, 0.5) is 20.4 Å². The zero-order valence-electron chi connectivity index (χ0n) is 20.9. The number of benzene rings is 2. The van der Waals surface area contributed by atoms with Gasteiger partial charge in [0.25, 0.3) is 12.3 Å². The van der Waals surface area contributed by atoms with Crippen LogP contribution >= 0.6 is 0 Å². The van der Waals surface area contributed by atoms with Gasteiger partial charge in [0.05, 0.1) is 12.1 Å². The van der Waals surface area contributed by atoms with Crippen LogP contribution in [-0.4, -0.2) is 44.8 Å². The number of ether oxygens (including phenoxy) is 2. The summed E-state index contributed by atoms with van der Waals surface area (Å²) < 4.78 is 37.4. The van der Waals surface area contributed by atoms with Gasteiger partial charge in [0.1, 0.15) is 23.0 Å². The molecule has 4 rings (SSSR count). The minimum Gasteiger partial charge on any atom is -0.494 e. The molecule has 11 heteroatoms. The zero-order valence-corrected chi connectivity index (χ0v) is 20.9. The standard InChI is InChI=1S/C26H28F2N6O3/c1-5-36-17-9-10-19-18(12-17)25(30-21-13-20(23(27)28)33-34-21)31-24(29-19)15-7-6-8-16(11-15)37-14-22(35)32-26(2,3)4/h6-13,23H,5,14H2,1-4H3,(H,32,35)(H2,29,30,31,33,34). The number of anilines is 2. The summed E-state index contributed by atoms with van der Waals surface area (Å²) in [6.07, 6.45) is -2.68. The lowest BCUT2D eigenvalue weighted by Gasteiger charge is -2.20. The minimum atomic E-state index is -2.68. The van der Waals surface area contributed by atoms with Crippen molar-refractivity contribution in [3.8, 4) is 22.9 Å². The number of aromatic nitrogens is 4. The second-order valence-corrected chi connectivity index (χ2v) is 9.26. The number of nitrogens with zero attached hydrogens (tertiary/aromatic N) is 3. The Labute approximate surface area is 212 Å². The number of hydrogen-bond acceptors (Lipinski definition) is 7. The SMILES string of the molecule is CCOc1ccc2nc(-c3cccc(OCC(=O)NC(C)(C)C)c3)nc(Nc3cc(C(F)F)[nH]n3)c2c1. The van der Waals surface area contributed by atoms with Crippen LogP contribution in [0.15, 0.2) is 48.5 Å². The van der Waals surface area contributed by atoms with Gasteiger partial charge in [0.2, 0.25) is 0 Å². The molecule has 2 aromatic carbocycles. The van der Waals surface area contributed by atoms with Gasteiger partial charge in [-0.15, -0.1) is 0 Å². The summed E-state index contributed by atoms with van der Waals surface area (Å²) >= 11 is 0. The molecule has 0 fully saturated rings. The number of H-pyrrole nitrogens is 1. The number of halogens is 2. The Balaban J connectivity index is 1.67. The lowest BCUT2D eigenvalue weighted by atomic mass is 10.1. The Morgan fingerprint density at radius 3 is 2.54 bits per heavy atom. The van der Waals surface area contributed by atoms with Crippen LogP contribution in [0, 0.1) is 0 Å². The molecule has 0 aliphatic carbocycles. The number of hydrogen-bond donors (Lipinski definition) is 3. The maximum atomic E-state index is 13.0. The quantitative estimate of drug-likeness (QED) is 0.276. The molecule has 0 radical (unpaired) electrons. The number of alkyl halides is 2. The van der Waals surface area contributed by atoms with Crippen LogP contribution in [0.25, 0.3) is 22.3 Å². The molecule has 2 heterocycles. The Bertz CT molecular complexity index is 1400. The minimum absolute atomic E-state index is 0.141. The molecule has 3 N–H and O–H groups in total. The van der Waals surface area contributed by atoms with E-state index in [0.29, 0.717) is 46.2 Å². The van der Waals surface area contributed by atoms with E-state index < -0.39 is 6.43 Å². The van der Waals surface area contributed by atoms with E-state index >= 15 is 0 Å². The Hall–Kier alpha value is -4.28. The van der Waals surface area contributed by atoms with Crippen molar-refractivity contribution in [2.75, 3.05) is 18.5 Å². The highest BCUT2D eigenvalue weighted by Gasteiger charge is 2.16. The molecule has 0 spiro atoms. The van der Waals surface area contributed by atoms with Crippen LogP contribution in [0.1, 0.15) is 39.8 Å². The first kappa shape index (κ1) is 25.8. The van der Waals surface area contributed by atoms with Crippen molar-refractivity contribution in [1.82, 2.24) is 25.5 Å². The lowest BCUT2D eigenvalue weighted by molar-refractivity contribution is -0.124. The number of aromatic amines is 1. The van der Waals surface area contributed by atoms with Gasteiger partial charge in [-0.2, -0.15) is 5.10 Å². The van der Waals surface area contributed by atoms with E-state index in [4.69, 9.17) is 9.47 Å². The summed E-state index contributed by atoms with van der Waals surface area (Å²) in [4.78, 5) is 21.5. The fraction of sp³-hybridized carbons (Fsp3) is 0.308. The van der Waals surface area contributed by atoms with Crippen molar-refractivity contribution in [3.05, 3.63) is 54.2 Å². The highest BCUT2D eigenvalue weighted by molar-refractivity contribution is 5.93. The van der Waals surface area contributed by atoms with E-state index in [0.717, 1.165) is 0 Å². The normalized spacial score (nSPS) is 11.5. The van der Waals surface area contributed by atoms with Crippen molar-refractivity contribution >= 4 is 28.4 Å². The molecule has 0 atom stereocenters. The van der Waals surface area contributed by atoms with E-state index in [1.165, 1.54) is 6.07 Å². The van der Waals surface area contributed by atoms with Crippen molar-refractivity contribution in [2.45, 2.75) is 39.7 Å². The summed E-state index contributed by atoms with van der Waals surface area (Å²) in [6, 6.07) is 13.6. The van der Waals surface area contributed by atoms with Crippen molar-refractivity contribution in [2.24, 2.45) is 0 Å². The lowest BCUT2D eigenvalue weighted by Crippen LogP contribution is -2.43. The van der Waals surface area contributed by atoms with E-state index in [-0.39, 0.29) is 29.6 Å². The van der Waals surface area contributed by atoms with Crippen molar-refractivity contribution < 1.29 is 23.0 Å². The number of nitrogens with one attached hydrogen (secondary N) is 3. The third-order valence-electron chi connectivity index (χ3n) is 5.03. The highest BCUT2D eigenvalue weighted by atomic mass is 19.3. The molecular formula is C26H28F2N6O3. The van der Waals surface area contributed by atoms with Crippen LogP contribution in [-0.2, 0) is 4.79 Å². The van der Waals surface area contributed by atoms with Gasteiger partial charge in [0.15, 0.2) is 18.2 Å². The third kappa shape index (κ3) is 6.69. The predicted octanol–water partition coefficient (Wildman–Crippen LogP) is 5.39. The fourth-order valence-electron chi connectivity index (χ4n) is 3.55. The zero-order chi connectivity index (χ0) is 26.6. The molecule has 2 aromatic heterocycles. The summed E-state index contributed by atoms with van der Waals surface area (Å²) in [6.45, 7) is 7.89. The van der Waals surface area contributed by atoms with Crippen LogP contribution < -0.4 is 20.1 Å². The fourth-order valence-corrected chi connectivity index (χ4v) is 3.55. The second kappa shape index (κ2) is 10.8. The molecule has 0 unspecified atom stereocenters. The molecule has 37 heavy (non-hydrogen) atoms. The number of rotatable bonds is 9. The third-order valence-corrected chi connectivity index (χ3v) is 5.03. The molecule has 4 aromatic rings. The average molecular weight is 511 g/mol. The van der Waals surface area contributed by atoms with E-state index in [1.54, 1.807) is 36.4 Å². The molecule has 0 aliphatic rings. The van der Waals surface area contributed by atoms with Crippen molar-refractivity contribution in [1.29, 1.82) is 0 Å². The summed E-state index contributed by atoms with van der Waals surface area (Å²) in [5.41, 5.74) is 0.576. The monoisotopic (exact) mass is 510 g/mol. The molecule has 0 saturated heterocycles. The molecule has 0 saturated carbocycles. The topological polar surface area (TPSA) is 114 Å². The first-order chi connectivity index (χ1) is 17.6. The summed E-state index contributed by atoms with van der Waals surface area (Å²) in [5, 5.41) is 12.7. The Morgan fingerprint density at radius 2 is 1.84 bits per heavy atom. The Morgan fingerprint density at radius 1 is 1.05 bits per heavy atom.